The zero-order valence-electron chi connectivity index (χ0n) is 16.0. The molecule has 30 heavy (non-hydrogen) atoms. The average Bonchev–Trinajstić information content (AvgIpc) is 3.44. The second kappa shape index (κ2) is 7.60. The van der Waals surface area contributed by atoms with Crippen molar-refractivity contribution < 1.29 is 14.0 Å². The molecule has 3 aromatic rings. The number of halogens is 1. The number of benzene rings is 2. The lowest BCUT2D eigenvalue weighted by Crippen LogP contribution is -2.28. The minimum absolute atomic E-state index is 0.136. The van der Waals surface area contributed by atoms with Crippen molar-refractivity contribution in [2.45, 2.75) is 18.1 Å². The SMILES string of the molecule is O=C(Nc1ccc(-c2cn3c(n2)SCC3)cc1)C1CC(=O)N(c2ccc(F)cc2)C1. The molecular formula is C22H19FN4O2S. The lowest BCUT2D eigenvalue weighted by atomic mass is 10.1. The lowest BCUT2D eigenvalue weighted by Gasteiger charge is -2.16. The smallest absolute Gasteiger partial charge is 0.229 e. The Kier molecular flexibility index (Phi) is 4.78. The molecule has 1 unspecified atom stereocenters. The molecule has 8 heteroatoms. The van der Waals surface area contributed by atoms with E-state index in [0.29, 0.717) is 11.4 Å². The van der Waals surface area contributed by atoms with Crippen LogP contribution in [-0.2, 0) is 16.1 Å². The number of carbonyl (C=O) groups excluding carboxylic acids is 2. The molecule has 5 rings (SSSR count). The van der Waals surface area contributed by atoms with E-state index < -0.39 is 5.92 Å². The number of carbonyl (C=O) groups is 2. The molecular weight excluding hydrogens is 403 g/mol. The summed E-state index contributed by atoms with van der Waals surface area (Å²) in [4.78, 5) is 31.2. The molecule has 0 bridgehead atoms. The summed E-state index contributed by atoms with van der Waals surface area (Å²) >= 11 is 1.75. The summed E-state index contributed by atoms with van der Waals surface area (Å²) in [5.41, 5.74) is 3.20. The van der Waals surface area contributed by atoms with Crippen LogP contribution in [0.15, 0.2) is 59.9 Å². The zero-order chi connectivity index (χ0) is 20.7. The number of amides is 2. The predicted octanol–water partition coefficient (Wildman–Crippen LogP) is 3.79. The van der Waals surface area contributed by atoms with Crippen molar-refractivity contribution in [3.05, 3.63) is 60.5 Å². The fourth-order valence-electron chi connectivity index (χ4n) is 3.77. The summed E-state index contributed by atoms with van der Waals surface area (Å²) in [5, 5.41) is 3.94. The number of imidazole rings is 1. The van der Waals surface area contributed by atoms with Crippen LogP contribution in [-0.4, -0.2) is 33.7 Å². The van der Waals surface area contributed by atoms with Crippen molar-refractivity contribution in [2.75, 3.05) is 22.5 Å². The molecule has 0 saturated carbocycles. The standard InChI is InChI=1S/C22H19FN4O2S/c23-16-3-7-18(8-4-16)27-12-15(11-20(27)28)21(29)24-17-5-1-14(2-6-17)19-13-26-9-10-30-22(26)25-19/h1-8,13,15H,9-12H2,(H,24,29). The predicted molar refractivity (Wildman–Crippen MR) is 114 cm³/mol. The van der Waals surface area contributed by atoms with Crippen molar-refractivity contribution in [3.63, 3.8) is 0 Å². The number of thioether (sulfide) groups is 1. The molecule has 1 aromatic heterocycles. The lowest BCUT2D eigenvalue weighted by molar-refractivity contribution is -0.122. The Balaban J connectivity index is 1.24. The Morgan fingerprint density at radius 2 is 1.90 bits per heavy atom. The molecule has 2 aromatic carbocycles. The minimum Gasteiger partial charge on any atom is -0.326 e. The number of aromatic nitrogens is 2. The van der Waals surface area contributed by atoms with Crippen LogP contribution >= 0.6 is 11.8 Å². The van der Waals surface area contributed by atoms with Crippen LogP contribution in [0.4, 0.5) is 15.8 Å². The van der Waals surface area contributed by atoms with Gasteiger partial charge in [0.25, 0.3) is 0 Å². The summed E-state index contributed by atoms with van der Waals surface area (Å²) in [6.45, 7) is 1.27. The van der Waals surface area contributed by atoms with Gasteiger partial charge in [0.1, 0.15) is 5.82 Å². The van der Waals surface area contributed by atoms with Crippen molar-refractivity contribution in [1.29, 1.82) is 0 Å². The topological polar surface area (TPSA) is 67.2 Å². The second-order valence-corrected chi connectivity index (χ2v) is 8.46. The third kappa shape index (κ3) is 3.59. The van der Waals surface area contributed by atoms with Crippen LogP contribution in [0.5, 0.6) is 0 Å². The quantitative estimate of drug-likeness (QED) is 0.695. The molecule has 152 valence electrons. The van der Waals surface area contributed by atoms with Gasteiger partial charge in [0, 0.05) is 48.4 Å². The fourth-order valence-corrected chi connectivity index (χ4v) is 4.71. The Morgan fingerprint density at radius 3 is 2.63 bits per heavy atom. The van der Waals surface area contributed by atoms with Gasteiger partial charge in [-0.1, -0.05) is 23.9 Å². The summed E-state index contributed by atoms with van der Waals surface area (Å²) in [6, 6.07) is 13.3. The van der Waals surface area contributed by atoms with E-state index in [2.05, 4.69) is 21.1 Å². The van der Waals surface area contributed by atoms with Gasteiger partial charge >= 0.3 is 0 Å². The third-order valence-corrected chi connectivity index (χ3v) is 6.36. The van der Waals surface area contributed by atoms with E-state index in [1.807, 2.05) is 24.3 Å². The summed E-state index contributed by atoms with van der Waals surface area (Å²) in [6.07, 6.45) is 2.19. The monoisotopic (exact) mass is 422 g/mol. The minimum atomic E-state index is -0.449. The van der Waals surface area contributed by atoms with E-state index in [9.17, 15) is 14.0 Å². The van der Waals surface area contributed by atoms with E-state index in [-0.39, 0.29) is 30.6 Å². The molecule has 0 radical (unpaired) electrons. The van der Waals surface area contributed by atoms with Gasteiger partial charge < -0.3 is 14.8 Å². The van der Waals surface area contributed by atoms with E-state index in [1.54, 1.807) is 23.9 Å². The number of aryl methyl sites for hydroxylation is 1. The first-order valence-corrected chi connectivity index (χ1v) is 10.7. The molecule has 0 spiro atoms. The van der Waals surface area contributed by atoms with Gasteiger partial charge in [-0.25, -0.2) is 9.37 Å². The van der Waals surface area contributed by atoms with Crippen LogP contribution in [0, 0.1) is 11.7 Å². The van der Waals surface area contributed by atoms with Gasteiger partial charge in [0.15, 0.2) is 5.16 Å². The van der Waals surface area contributed by atoms with E-state index in [1.165, 1.54) is 17.0 Å². The molecule has 1 N–H and O–H groups in total. The summed E-state index contributed by atoms with van der Waals surface area (Å²) < 4.78 is 15.3. The normalized spacial score (nSPS) is 18.0. The summed E-state index contributed by atoms with van der Waals surface area (Å²) in [7, 11) is 0. The average molecular weight is 422 g/mol. The first kappa shape index (κ1) is 18.9. The molecule has 2 aliphatic rings. The second-order valence-electron chi connectivity index (χ2n) is 7.40. The first-order valence-electron chi connectivity index (χ1n) is 9.74. The van der Waals surface area contributed by atoms with Gasteiger partial charge in [-0.05, 0) is 36.4 Å². The largest absolute Gasteiger partial charge is 0.326 e. The van der Waals surface area contributed by atoms with Gasteiger partial charge in [0.2, 0.25) is 11.8 Å². The molecule has 6 nitrogen and oxygen atoms in total. The van der Waals surface area contributed by atoms with Crippen LogP contribution in [0.3, 0.4) is 0 Å². The van der Waals surface area contributed by atoms with Gasteiger partial charge in [-0.3, -0.25) is 9.59 Å². The highest BCUT2D eigenvalue weighted by Crippen LogP contribution is 2.30. The maximum atomic E-state index is 13.1. The summed E-state index contributed by atoms with van der Waals surface area (Å²) in [5.74, 6) is -0.0751. The van der Waals surface area contributed by atoms with Crippen LogP contribution < -0.4 is 10.2 Å². The molecule has 0 aliphatic carbocycles. The van der Waals surface area contributed by atoms with Crippen LogP contribution in [0.1, 0.15) is 6.42 Å². The number of fused-ring (bicyclic) bond motifs is 1. The number of rotatable bonds is 4. The number of hydrogen-bond acceptors (Lipinski definition) is 4. The Hall–Kier alpha value is -3.13. The van der Waals surface area contributed by atoms with E-state index in [0.717, 1.165) is 28.7 Å². The molecule has 2 aliphatic heterocycles. The number of nitrogens with zero attached hydrogens (tertiary/aromatic N) is 3. The van der Waals surface area contributed by atoms with E-state index >= 15 is 0 Å². The number of nitrogens with one attached hydrogen (secondary N) is 1. The Labute approximate surface area is 177 Å². The van der Waals surface area contributed by atoms with Gasteiger partial charge in [-0.2, -0.15) is 0 Å². The highest BCUT2D eigenvalue weighted by atomic mass is 32.2. The Bertz CT molecular complexity index is 1090. The molecule has 1 saturated heterocycles. The van der Waals surface area contributed by atoms with Gasteiger partial charge in [-0.15, -0.1) is 0 Å². The highest BCUT2D eigenvalue weighted by Gasteiger charge is 2.35. The van der Waals surface area contributed by atoms with Gasteiger partial charge in [0.05, 0.1) is 11.6 Å². The maximum absolute atomic E-state index is 13.1. The molecule has 1 atom stereocenters. The maximum Gasteiger partial charge on any atom is 0.229 e. The van der Waals surface area contributed by atoms with Crippen LogP contribution in [0.25, 0.3) is 11.3 Å². The van der Waals surface area contributed by atoms with Crippen molar-refractivity contribution in [3.8, 4) is 11.3 Å². The van der Waals surface area contributed by atoms with Crippen molar-refractivity contribution in [1.82, 2.24) is 9.55 Å². The highest BCUT2D eigenvalue weighted by molar-refractivity contribution is 7.99. The van der Waals surface area contributed by atoms with E-state index in [4.69, 9.17) is 0 Å². The molecule has 2 amide bonds. The van der Waals surface area contributed by atoms with Crippen LogP contribution in [0.2, 0.25) is 0 Å². The third-order valence-electron chi connectivity index (χ3n) is 5.39. The fraction of sp³-hybridized carbons (Fsp3) is 0.227. The van der Waals surface area contributed by atoms with Crippen molar-refractivity contribution in [2.24, 2.45) is 5.92 Å². The number of anilines is 2. The molecule has 1 fully saturated rings. The Morgan fingerprint density at radius 1 is 1.13 bits per heavy atom. The number of hydrogen-bond donors (Lipinski definition) is 1. The zero-order valence-corrected chi connectivity index (χ0v) is 16.9. The molecule has 3 heterocycles. The van der Waals surface area contributed by atoms with Crippen molar-refractivity contribution >= 4 is 35.0 Å². The first-order chi connectivity index (χ1) is 14.6.